The Balaban J connectivity index is 1.64. The summed E-state index contributed by atoms with van der Waals surface area (Å²) in [5, 5.41) is 0. The second-order valence-corrected chi connectivity index (χ2v) is 7.40. The van der Waals surface area contributed by atoms with E-state index in [1.807, 2.05) is 18.2 Å². The van der Waals surface area contributed by atoms with Crippen molar-refractivity contribution in [2.75, 3.05) is 0 Å². The maximum atomic E-state index is 13.1. The number of fused-ring (bicyclic) bond motifs is 2. The average molecular weight is 310 g/mol. The molecule has 3 nitrogen and oxygen atoms in total. The van der Waals surface area contributed by atoms with E-state index in [0.717, 1.165) is 12.8 Å². The summed E-state index contributed by atoms with van der Waals surface area (Å²) in [6.07, 6.45) is 15.7. The highest BCUT2D eigenvalue weighted by Crippen LogP contribution is 2.44. The predicted octanol–water partition coefficient (Wildman–Crippen LogP) is 4.56. The summed E-state index contributed by atoms with van der Waals surface area (Å²) in [5.41, 5.74) is 1.92. The highest BCUT2D eigenvalue weighted by molar-refractivity contribution is 5.94. The zero-order valence-corrected chi connectivity index (χ0v) is 13.8. The number of carbonyl (C=O) groups is 1. The van der Waals surface area contributed by atoms with E-state index in [1.54, 1.807) is 6.20 Å². The minimum absolute atomic E-state index is 0.113. The molecule has 3 aliphatic rings. The summed E-state index contributed by atoms with van der Waals surface area (Å²) >= 11 is 0. The highest BCUT2D eigenvalue weighted by atomic mass is 16.2. The van der Waals surface area contributed by atoms with Crippen LogP contribution in [0.2, 0.25) is 0 Å². The van der Waals surface area contributed by atoms with Crippen LogP contribution in [0.15, 0.2) is 36.2 Å². The number of rotatable bonds is 2. The van der Waals surface area contributed by atoms with Gasteiger partial charge in [0.15, 0.2) is 0 Å². The molecule has 0 radical (unpaired) electrons. The molecule has 4 rings (SSSR count). The smallest absolute Gasteiger partial charge is 0.276 e. The topological polar surface area (TPSA) is 33.2 Å². The molecule has 2 saturated carbocycles. The Bertz CT molecular complexity index is 589. The quantitative estimate of drug-likeness (QED) is 0.802. The fraction of sp³-hybridized carbons (Fsp3) is 0.600. The molecule has 0 spiro atoms. The molecular formula is C20H26N2O. The minimum atomic E-state index is 0.113. The molecule has 0 aromatic carbocycles. The van der Waals surface area contributed by atoms with E-state index in [4.69, 9.17) is 0 Å². The number of allylic oxidation sites excluding steroid dienone is 2. The first kappa shape index (κ1) is 14.9. The van der Waals surface area contributed by atoms with Crippen molar-refractivity contribution in [2.45, 2.75) is 63.8 Å². The van der Waals surface area contributed by atoms with Crippen LogP contribution in [-0.2, 0) is 0 Å². The molecule has 1 saturated heterocycles. The molecule has 3 heteroatoms. The Morgan fingerprint density at radius 3 is 2.74 bits per heavy atom. The Kier molecular flexibility index (Phi) is 4.19. The largest absolute Gasteiger partial charge is 0.308 e. The second-order valence-electron chi connectivity index (χ2n) is 7.40. The van der Waals surface area contributed by atoms with Crippen LogP contribution in [0.4, 0.5) is 0 Å². The third-order valence-corrected chi connectivity index (χ3v) is 5.87. The van der Waals surface area contributed by atoms with E-state index in [2.05, 4.69) is 16.0 Å². The number of hydrogen-bond acceptors (Lipinski definition) is 2. The van der Waals surface area contributed by atoms with Gasteiger partial charge in [-0.2, -0.15) is 0 Å². The van der Waals surface area contributed by atoms with Gasteiger partial charge in [0, 0.05) is 23.9 Å². The molecule has 2 heterocycles. The molecule has 3 fully saturated rings. The Morgan fingerprint density at radius 2 is 1.96 bits per heavy atom. The van der Waals surface area contributed by atoms with Crippen molar-refractivity contribution in [1.29, 1.82) is 0 Å². The summed E-state index contributed by atoms with van der Waals surface area (Å²) in [6.45, 7) is 0. The number of carbonyl (C=O) groups excluding carboxylic acids is 1. The molecule has 23 heavy (non-hydrogen) atoms. The van der Waals surface area contributed by atoms with E-state index in [-0.39, 0.29) is 5.91 Å². The van der Waals surface area contributed by atoms with Gasteiger partial charge in [0.25, 0.3) is 5.91 Å². The van der Waals surface area contributed by atoms with Crippen molar-refractivity contribution in [3.05, 3.63) is 41.9 Å². The lowest BCUT2D eigenvalue weighted by Gasteiger charge is -2.26. The zero-order chi connectivity index (χ0) is 15.6. The lowest BCUT2D eigenvalue weighted by atomic mass is 9.85. The molecule has 0 N–H and O–H groups in total. The van der Waals surface area contributed by atoms with Gasteiger partial charge in [-0.05, 0) is 50.2 Å². The predicted molar refractivity (Wildman–Crippen MR) is 90.8 cm³/mol. The average Bonchev–Trinajstić information content (AvgIpc) is 2.86. The van der Waals surface area contributed by atoms with Crippen molar-refractivity contribution in [3.63, 3.8) is 0 Å². The summed E-state index contributed by atoms with van der Waals surface area (Å²) < 4.78 is 0. The SMILES string of the molecule is O=C(c1ccccn1)N1/C(=C\C2CCCCC2)C2CCCC1C2. The number of aromatic nitrogens is 1. The van der Waals surface area contributed by atoms with Crippen LogP contribution in [-0.4, -0.2) is 21.8 Å². The van der Waals surface area contributed by atoms with E-state index < -0.39 is 0 Å². The van der Waals surface area contributed by atoms with Crippen LogP contribution in [0, 0.1) is 11.8 Å². The number of hydrogen-bond donors (Lipinski definition) is 0. The van der Waals surface area contributed by atoms with Gasteiger partial charge in [-0.3, -0.25) is 9.78 Å². The van der Waals surface area contributed by atoms with Crippen LogP contribution in [0.25, 0.3) is 0 Å². The van der Waals surface area contributed by atoms with Crippen molar-refractivity contribution in [3.8, 4) is 0 Å². The number of amides is 1. The summed E-state index contributed by atoms with van der Waals surface area (Å²) in [5.74, 6) is 1.39. The normalized spacial score (nSPS) is 29.9. The van der Waals surface area contributed by atoms with E-state index >= 15 is 0 Å². The van der Waals surface area contributed by atoms with Gasteiger partial charge in [-0.1, -0.05) is 37.8 Å². The first-order valence-electron chi connectivity index (χ1n) is 9.29. The maximum absolute atomic E-state index is 13.1. The Morgan fingerprint density at radius 1 is 1.09 bits per heavy atom. The van der Waals surface area contributed by atoms with Crippen LogP contribution < -0.4 is 0 Å². The molecule has 1 amide bonds. The Labute approximate surface area is 138 Å². The van der Waals surface area contributed by atoms with Crippen LogP contribution >= 0.6 is 0 Å². The first-order valence-corrected chi connectivity index (χ1v) is 9.29. The van der Waals surface area contributed by atoms with Gasteiger partial charge in [0.2, 0.25) is 0 Å². The van der Waals surface area contributed by atoms with Gasteiger partial charge in [-0.25, -0.2) is 0 Å². The standard InChI is InChI=1S/C20H26N2O/c23-20(18-11-4-5-12-21-18)22-17-10-6-9-16(14-17)19(22)13-15-7-2-1-3-8-15/h4-5,11-13,15-17H,1-3,6-10,14H2/b19-13-. The molecule has 1 aromatic rings. The number of likely N-dealkylation sites (tertiary alicyclic amines) is 1. The minimum Gasteiger partial charge on any atom is -0.308 e. The van der Waals surface area contributed by atoms with Crippen LogP contribution in [0.5, 0.6) is 0 Å². The van der Waals surface area contributed by atoms with E-state index in [9.17, 15) is 4.79 Å². The lowest BCUT2D eigenvalue weighted by molar-refractivity contribution is 0.0765. The van der Waals surface area contributed by atoms with Gasteiger partial charge >= 0.3 is 0 Å². The third-order valence-electron chi connectivity index (χ3n) is 5.87. The summed E-state index contributed by atoms with van der Waals surface area (Å²) in [7, 11) is 0. The van der Waals surface area contributed by atoms with Gasteiger partial charge in [0.1, 0.15) is 5.69 Å². The maximum Gasteiger partial charge on any atom is 0.276 e. The van der Waals surface area contributed by atoms with Crippen LogP contribution in [0.3, 0.4) is 0 Å². The summed E-state index contributed by atoms with van der Waals surface area (Å²) in [6, 6.07) is 6.03. The molecule has 1 aliphatic heterocycles. The number of nitrogens with zero attached hydrogens (tertiary/aromatic N) is 2. The fourth-order valence-electron chi connectivity index (χ4n) is 4.73. The van der Waals surface area contributed by atoms with Gasteiger partial charge in [0.05, 0.1) is 0 Å². The highest BCUT2D eigenvalue weighted by Gasteiger charge is 2.42. The van der Waals surface area contributed by atoms with Gasteiger partial charge in [-0.15, -0.1) is 0 Å². The van der Waals surface area contributed by atoms with Crippen molar-refractivity contribution in [1.82, 2.24) is 9.88 Å². The van der Waals surface area contributed by atoms with Crippen molar-refractivity contribution < 1.29 is 4.79 Å². The third kappa shape index (κ3) is 2.93. The van der Waals surface area contributed by atoms with Crippen molar-refractivity contribution >= 4 is 5.91 Å². The summed E-state index contributed by atoms with van der Waals surface area (Å²) in [4.78, 5) is 19.5. The fourth-order valence-corrected chi connectivity index (χ4v) is 4.73. The first-order chi connectivity index (χ1) is 11.3. The van der Waals surface area contributed by atoms with Gasteiger partial charge < -0.3 is 4.90 Å². The molecule has 2 atom stereocenters. The molecule has 2 bridgehead atoms. The molecular weight excluding hydrogens is 284 g/mol. The lowest BCUT2D eigenvalue weighted by Crippen LogP contribution is -2.35. The second kappa shape index (κ2) is 6.46. The Hall–Kier alpha value is -1.64. The monoisotopic (exact) mass is 310 g/mol. The van der Waals surface area contributed by atoms with E-state index in [0.29, 0.717) is 23.6 Å². The molecule has 122 valence electrons. The van der Waals surface area contributed by atoms with E-state index in [1.165, 1.54) is 50.6 Å². The molecule has 1 aromatic heterocycles. The molecule has 2 aliphatic carbocycles. The molecule has 2 unspecified atom stereocenters. The number of pyridine rings is 1. The van der Waals surface area contributed by atoms with Crippen molar-refractivity contribution in [2.24, 2.45) is 11.8 Å². The zero-order valence-electron chi connectivity index (χ0n) is 13.8. The van der Waals surface area contributed by atoms with Crippen LogP contribution in [0.1, 0.15) is 68.3 Å².